The maximum Gasteiger partial charge on any atom is 0.0346 e. The highest BCUT2D eigenvalue weighted by Crippen LogP contribution is 2.35. The molecule has 3 nitrogen and oxygen atoms in total. The van der Waals surface area contributed by atoms with Gasteiger partial charge in [0.1, 0.15) is 0 Å². The minimum Gasteiger partial charge on any atom is -0.264 e. The van der Waals surface area contributed by atoms with Crippen molar-refractivity contribution in [2.24, 2.45) is 0 Å². The molecular weight excluding hydrogens is 438 g/mol. The van der Waals surface area contributed by atoms with Crippen molar-refractivity contribution in [2.75, 3.05) is 0 Å². The van der Waals surface area contributed by atoms with Crippen molar-refractivity contribution in [1.82, 2.24) is 15.0 Å². The third kappa shape index (κ3) is 4.55. The van der Waals surface area contributed by atoms with Gasteiger partial charge < -0.3 is 0 Å². The number of rotatable bonds is 5. The Morgan fingerprint density at radius 1 is 0.278 bits per heavy atom. The van der Waals surface area contributed by atoms with Crippen LogP contribution < -0.4 is 0 Å². The van der Waals surface area contributed by atoms with Crippen LogP contribution >= 0.6 is 0 Å². The third-order valence-corrected chi connectivity index (χ3v) is 6.31. The van der Waals surface area contributed by atoms with Crippen LogP contribution in [0.4, 0.5) is 0 Å². The second kappa shape index (κ2) is 9.77. The summed E-state index contributed by atoms with van der Waals surface area (Å²) in [6, 6.07) is 36.2. The van der Waals surface area contributed by atoms with Crippen LogP contribution in [0.25, 0.3) is 55.6 Å². The van der Waals surface area contributed by atoms with Crippen LogP contribution in [0.2, 0.25) is 0 Å². The zero-order chi connectivity index (χ0) is 24.2. The van der Waals surface area contributed by atoms with Gasteiger partial charge >= 0.3 is 0 Å². The van der Waals surface area contributed by atoms with Gasteiger partial charge in [-0.25, -0.2) is 0 Å². The van der Waals surface area contributed by atoms with E-state index < -0.39 is 0 Å². The zero-order valence-electron chi connectivity index (χ0n) is 19.6. The largest absolute Gasteiger partial charge is 0.264 e. The Morgan fingerprint density at radius 3 is 0.917 bits per heavy atom. The summed E-state index contributed by atoms with van der Waals surface area (Å²) >= 11 is 0. The lowest BCUT2D eigenvalue weighted by Crippen LogP contribution is -1.88. The summed E-state index contributed by atoms with van der Waals surface area (Å²) < 4.78 is 0. The summed E-state index contributed by atoms with van der Waals surface area (Å²) in [6.45, 7) is 0. The van der Waals surface area contributed by atoms with Gasteiger partial charge in [0.15, 0.2) is 0 Å². The molecule has 3 heterocycles. The van der Waals surface area contributed by atoms with Crippen LogP contribution in [-0.2, 0) is 0 Å². The van der Waals surface area contributed by atoms with Gasteiger partial charge in [-0.05, 0) is 87.5 Å². The van der Waals surface area contributed by atoms with E-state index in [4.69, 9.17) is 0 Å². The molecule has 3 aromatic heterocycles. The van der Waals surface area contributed by atoms with E-state index in [9.17, 15) is 0 Å². The summed E-state index contributed by atoms with van der Waals surface area (Å²) in [7, 11) is 0. The van der Waals surface area contributed by atoms with Gasteiger partial charge in [0.25, 0.3) is 0 Å². The van der Waals surface area contributed by atoms with Crippen LogP contribution in [0, 0.1) is 0 Å². The molecule has 36 heavy (non-hydrogen) atoms. The van der Waals surface area contributed by atoms with Crippen molar-refractivity contribution in [3.63, 3.8) is 0 Å². The first-order chi connectivity index (χ1) is 17.8. The van der Waals surface area contributed by atoms with Crippen LogP contribution in [0.1, 0.15) is 0 Å². The number of aromatic nitrogens is 3. The lowest BCUT2D eigenvalue weighted by molar-refractivity contribution is 1.33. The molecule has 0 atom stereocenters. The number of benzene rings is 3. The molecule has 0 amide bonds. The molecule has 0 radical (unpaired) electrons. The van der Waals surface area contributed by atoms with Gasteiger partial charge in [0.2, 0.25) is 0 Å². The fourth-order valence-corrected chi connectivity index (χ4v) is 4.48. The van der Waals surface area contributed by atoms with Crippen molar-refractivity contribution >= 4 is 0 Å². The van der Waals surface area contributed by atoms with Crippen molar-refractivity contribution in [1.29, 1.82) is 0 Å². The SMILES string of the molecule is c1cncc(-c2cccc(-c3cc(-c4cccnc4)cc(-c4cccc(-c5cccnc5)c4)c3)c2)c1. The summed E-state index contributed by atoms with van der Waals surface area (Å²) in [4.78, 5) is 12.9. The van der Waals surface area contributed by atoms with E-state index in [0.29, 0.717) is 0 Å². The van der Waals surface area contributed by atoms with Gasteiger partial charge in [-0.3, -0.25) is 15.0 Å². The van der Waals surface area contributed by atoms with Crippen molar-refractivity contribution < 1.29 is 0 Å². The first kappa shape index (κ1) is 21.6. The average Bonchev–Trinajstić information content (AvgIpc) is 2.98. The lowest BCUT2D eigenvalue weighted by Gasteiger charge is -2.13. The zero-order valence-corrected chi connectivity index (χ0v) is 19.6. The molecule has 0 bridgehead atoms. The van der Waals surface area contributed by atoms with Crippen LogP contribution in [0.15, 0.2) is 140 Å². The first-order valence-corrected chi connectivity index (χ1v) is 11.9. The van der Waals surface area contributed by atoms with E-state index in [0.717, 1.165) is 55.6 Å². The minimum atomic E-state index is 1.09. The van der Waals surface area contributed by atoms with Gasteiger partial charge in [0, 0.05) is 53.9 Å². The molecule has 0 aliphatic carbocycles. The highest BCUT2D eigenvalue weighted by molar-refractivity contribution is 5.83. The Bertz CT molecular complexity index is 1510. The second-order valence-corrected chi connectivity index (χ2v) is 8.69. The van der Waals surface area contributed by atoms with Gasteiger partial charge in [-0.2, -0.15) is 0 Å². The molecule has 0 aliphatic heterocycles. The second-order valence-electron chi connectivity index (χ2n) is 8.69. The molecular formula is C33H23N3. The van der Waals surface area contributed by atoms with E-state index in [1.165, 1.54) is 0 Å². The molecule has 0 saturated heterocycles. The summed E-state index contributed by atoms with van der Waals surface area (Å²) in [5, 5.41) is 0. The summed E-state index contributed by atoms with van der Waals surface area (Å²) in [6.07, 6.45) is 11.1. The maximum atomic E-state index is 4.36. The standard InChI is InChI=1S/C33H23N3/c1-6-24(28-10-3-13-34-21-28)16-26(8-1)31-18-32(20-33(19-31)30-12-5-15-36-23-30)27-9-2-7-25(17-27)29-11-4-14-35-22-29/h1-23H. The quantitative estimate of drug-likeness (QED) is 0.260. The van der Waals surface area contributed by atoms with Crippen LogP contribution in [0.3, 0.4) is 0 Å². The molecule has 0 unspecified atom stereocenters. The minimum absolute atomic E-state index is 1.09. The van der Waals surface area contributed by atoms with Crippen molar-refractivity contribution in [3.8, 4) is 55.6 Å². The fourth-order valence-electron chi connectivity index (χ4n) is 4.48. The molecule has 0 N–H and O–H groups in total. The molecule has 0 aliphatic rings. The number of hydrogen-bond acceptors (Lipinski definition) is 3. The van der Waals surface area contributed by atoms with Crippen LogP contribution in [0.5, 0.6) is 0 Å². The summed E-state index contributed by atoms with van der Waals surface area (Å²) in [5.74, 6) is 0. The van der Waals surface area contributed by atoms with Gasteiger partial charge in [0.05, 0.1) is 0 Å². The fraction of sp³-hybridized carbons (Fsp3) is 0. The van der Waals surface area contributed by atoms with Gasteiger partial charge in [-0.1, -0.05) is 54.6 Å². The summed E-state index contributed by atoms with van der Waals surface area (Å²) in [5.41, 5.74) is 11.4. The van der Waals surface area contributed by atoms with E-state index in [1.54, 1.807) is 12.4 Å². The van der Waals surface area contributed by atoms with E-state index in [-0.39, 0.29) is 0 Å². The van der Waals surface area contributed by atoms with E-state index in [1.807, 2.05) is 43.0 Å². The van der Waals surface area contributed by atoms with Crippen molar-refractivity contribution in [3.05, 3.63) is 140 Å². The molecule has 6 aromatic rings. The average molecular weight is 462 g/mol. The monoisotopic (exact) mass is 461 g/mol. The first-order valence-electron chi connectivity index (χ1n) is 11.9. The number of nitrogens with zero attached hydrogens (tertiary/aromatic N) is 3. The highest BCUT2D eigenvalue weighted by Gasteiger charge is 2.10. The van der Waals surface area contributed by atoms with E-state index >= 15 is 0 Å². The van der Waals surface area contributed by atoms with Crippen molar-refractivity contribution in [2.45, 2.75) is 0 Å². The Balaban J connectivity index is 1.50. The topological polar surface area (TPSA) is 38.7 Å². The Labute approximate surface area is 210 Å². The molecule has 0 fully saturated rings. The van der Waals surface area contributed by atoms with Gasteiger partial charge in [-0.15, -0.1) is 0 Å². The van der Waals surface area contributed by atoms with E-state index in [2.05, 4.69) is 99.9 Å². The highest BCUT2D eigenvalue weighted by atomic mass is 14.6. The lowest BCUT2D eigenvalue weighted by atomic mass is 9.92. The normalized spacial score (nSPS) is 10.8. The number of hydrogen-bond donors (Lipinski definition) is 0. The third-order valence-electron chi connectivity index (χ3n) is 6.31. The Kier molecular flexibility index (Phi) is 5.87. The molecule has 3 heteroatoms. The molecule has 0 spiro atoms. The molecule has 6 rings (SSSR count). The Hall–Kier alpha value is -4.89. The molecule has 170 valence electrons. The maximum absolute atomic E-state index is 4.36. The predicted molar refractivity (Wildman–Crippen MR) is 147 cm³/mol. The van der Waals surface area contributed by atoms with Crippen LogP contribution in [-0.4, -0.2) is 15.0 Å². The predicted octanol–water partition coefficient (Wildman–Crippen LogP) is 8.21. The smallest absolute Gasteiger partial charge is 0.0346 e. The number of pyridine rings is 3. The molecule has 0 saturated carbocycles. The Morgan fingerprint density at radius 2 is 0.556 bits per heavy atom. The molecule has 3 aromatic carbocycles.